The van der Waals surface area contributed by atoms with Crippen LogP contribution in [0, 0.1) is 13.8 Å². The topological polar surface area (TPSA) is 50.9 Å². The number of aryl methyl sites for hydroxylation is 2. The van der Waals surface area contributed by atoms with Crippen LogP contribution in [0.15, 0.2) is 152 Å². The zero-order chi connectivity index (χ0) is 40.3. The lowest BCUT2D eigenvalue weighted by atomic mass is 9.83. The van der Waals surface area contributed by atoms with E-state index in [1.807, 2.05) is 62.4 Å². The lowest BCUT2D eigenvalue weighted by molar-refractivity contribution is 0.472. The Hall–Kier alpha value is -6.26. The van der Waals surface area contributed by atoms with Crippen LogP contribution >= 0.6 is 0 Å². The van der Waals surface area contributed by atoms with Crippen molar-refractivity contribution in [2.24, 2.45) is 0 Å². The first-order chi connectivity index (χ1) is 27.2. The molecule has 0 saturated heterocycles. The average molecular weight is 681 g/mol. The number of fused-ring (bicyclic) bond motifs is 1. The Kier molecular flexibility index (Phi) is 6.93. The standard InChI is InChI=1S/C48H41N3O/c1-31-25-32(2)46(52)41(26-31)47-50-45-40(20-14-22-44(45)51(47)43-21-13-12-19-39(43)34-17-10-7-11-18-34)36-27-37(29-38(28-36)48(3,4)5)42-30-35(23-24-49-42)33-15-8-6-9-16-33/h6-30,52H,1-5H3/i6D,8D,9D,15D,16D. The van der Waals surface area contributed by atoms with Crippen molar-refractivity contribution in [3.8, 4) is 67.5 Å². The van der Waals surface area contributed by atoms with E-state index in [1.54, 1.807) is 18.3 Å². The highest BCUT2D eigenvalue weighted by molar-refractivity contribution is 5.97. The van der Waals surface area contributed by atoms with Gasteiger partial charge in [-0.3, -0.25) is 9.55 Å². The number of hydrogen-bond donors (Lipinski definition) is 1. The van der Waals surface area contributed by atoms with Crippen LogP contribution in [0.25, 0.3) is 72.7 Å². The van der Waals surface area contributed by atoms with Crippen LogP contribution in [0.2, 0.25) is 0 Å². The van der Waals surface area contributed by atoms with Gasteiger partial charge in [0.1, 0.15) is 11.6 Å². The molecule has 8 aromatic rings. The molecule has 6 aromatic carbocycles. The number of rotatable bonds is 6. The molecule has 0 aliphatic carbocycles. The number of phenols is 1. The maximum atomic E-state index is 11.6. The Morgan fingerprint density at radius 3 is 2.15 bits per heavy atom. The normalized spacial score (nSPS) is 13.0. The molecule has 0 fully saturated rings. The molecule has 254 valence electrons. The van der Waals surface area contributed by atoms with E-state index < -0.39 is 6.04 Å². The Morgan fingerprint density at radius 2 is 1.37 bits per heavy atom. The number of nitrogens with zero attached hydrogens (tertiary/aromatic N) is 3. The molecule has 8 rings (SSSR count). The van der Waals surface area contributed by atoms with Gasteiger partial charge in [0.05, 0.1) is 34.8 Å². The first kappa shape index (κ1) is 27.5. The number of benzene rings is 6. The monoisotopic (exact) mass is 680 g/mol. The van der Waals surface area contributed by atoms with E-state index in [4.69, 9.17) is 16.8 Å². The zero-order valence-corrected chi connectivity index (χ0v) is 29.8. The zero-order valence-electron chi connectivity index (χ0n) is 34.8. The van der Waals surface area contributed by atoms with E-state index in [-0.39, 0.29) is 40.9 Å². The quantitative estimate of drug-likeness (QED) is 0.190. The van der Waals surface area contributed by atoms with Crippen molar-refractivity contribution in [3.05, 3.63) is 168 Å². The van der Waals surface area contributed by atoms with E-state index in [1.165, 1.54) is 0 Å². The summed E-state index contributed by atoms with van der Waals surface area (Å²) < 4.78 is 44.0. The van der Waals surface area contributed by atoms with Gasteiger partial charge in [0.2, 0.25) is 0 Å². The highest BCUT2D eigenvalue weighted by Gasteiger charge is 2.24. The van der Waals surface area contributed by atoms with Gasteiger partial charge in [-0.1, -0.05) is 124 Å². The predicted molar refractivity (Wildman–Crippen MR) is 216 cm³/mol. The molecule has 2 heterocycles. The van der Waals surface area contributed by atoms with Crippen LogP contribution < -0.4 is 0 Å². The maximum Gasteiger partial charge on any atom is 0.149 e. The van der Waals surface area contributed by atoms with Crippen molar-refractivity contribution < 1.29 is 12.0 Å². The summed E-state index contributed by atoms with van der Waals surface area (Å²) in [5.74, 6) is 0.795. The number of aromatic nitrogens is 3. The molecule has 4 heteroatoms. The highest BCUT2D eigenvalue weighted by atomic mass is 16.3. The number of aromatic hydroxyl groups is 1. The minimum absolute atomic E-state index is 0.130. The molecule has 0 amide bonds. The smallest absolute Gasteiger partial charge is 0.149 e. The fourth-order valence-corrected chi connectivity index (χ4v) is 6.92. The highest BCUT2D eigenvalue weighted by Crippen LogP contribution is 2.42. The van der Waals surface area contributed by atoms with Gasteiger partial charge < -0.3 is 5.11 Å². The van der Waals surface area contributed by atoms with Crippen LogP contribution in [0.5, 0.6) is 5.75 Å². The van der Waals surface area contributed by atoms with Gasteiger partial charge in [-0.25, -0.2) is 4.98 Å². The molecule has 0 saturated carbocycles. The third-order valence-electron chi connectivity index (χ3n) is 9.56. The van der Waals surface area contributed by atoms with E-state index in [9.17, 15) is 5.11 Å². The number of hydrogen-bond acceptors (Lipinski definition) is 3. The predicted octanol–water partition coefficient (Wildman–Crippen LogP) is 12.4. The Labute approximate surface area is 312 Å². The van der Waals surface area contributed by atoms with Crippen molar-refractivity contribution in [3.63, 3.8) is 0 Å². The third kappa shape index (κ3) is 6.07. The Balaban J connectivity index is 1.39. The van der Waals surface area contributed by atoms with Gasteiger partial charge in [0.15, 0.2) is 0 Å². The number of para-hydroxylation sites is 2. The molecule has 52 heavy (non-hydrogen) atoms. The first-order valence-corrected chi connectivity index (χ1v) is 17.4. The molecule has 4 nitrogen and oxygen atoms in total. The van der Waals surface area contributed by atoms with Crippen LogP contribution in [-0.4, -0.2) is 19.6 Å². The molecular formula is C48H41N3O. The number of phenolic OH excluding ortho intramolecular Hbond substituents is 1. The molecule has 0 spiro atoms. The molecular weight excluding hydrogens is 635 g/mol. The summed E-state index contributed by atoms with van der Waals surface area (Å²) in [6, 6.07) is 36.7. The largest absolute Gasteiger partial charge is 0.507 e. The minimum Gasteiger partial charge on any atom is -0.507 e. The van der Waals surface area contributed by atoms with Crippen LogP contribution in [0.4, 0.5) is 0 Å². The second kappa shape index (κ2) is 13.1. The van der Waals surface area contributed by atoms with Crippen LogP contribution in [0.3, 0.4) is 0 Å². The van der Waals surface area contributed by atoms with Crippen LogP contribution in [-0.2, 0) is 5.41 Å². The molecule has 0 atom stereocenters. The van der Waals surface area contributed by atoms with Crippen molar-refractivity contribution in [1.29, 1.82) is 0 Å². The lowest BCUT2D eigenvalue weighted by Gasteiger charge is -2.22. The van der Waals surface area contributed by atoms with Gasteiger partial charge in [-0.15, -0.1) is 0 Å². The molecule has 2 aromatic heterocycles. The Bertz CT molecular complexity index is 2850. The second-order valence-corrected chi connectivity index (χ2v) is 14.3. The lowest BCUT2D eigenvalue weighted by Crippen LogP contribution is -2.11. The minimum atomic E-state index is -0.429. The number of imidazole rings is 1. The van der Waals surface area contributed by atoms with E-state index in [0.717, 1.165) is 61.2 Å². The second-order valence-electron chi connectivity index (χ2n) is 14.3. The van der Waals surface area contributed by atoms with Crippen LogP contribution in [0.1, 0.15) is 44.3 Å². The van der Waals surface area contributed by atoms with E-state index in [0.29, 0.717) is 22.6 Å². The average Bonchev–Trinajstić information content (AvgIpc) is 3.60. The van der Waals surface area contributed by atoms with Crippen molar-refractivity contribution in [1.82, 2.24) is 14.5 Å². The summed E-state index contributed by atoms with van der Waals surface area (Å²) >= 11 is 0. The van der Waals surface area contributed by atoms with Gasteiger partial charge in [0.25, 0.3) is 0 Å². The summed E-state index contributed by atoms with van der Waals surface area (Å²) in [6.07, 6.45) is 1.62. The number of pyridine rings is 1. The Morgan fingerprint density at radius 1 is 0.635 bits per heavy atom. The molecule has 0 radical (unpaired) electrons. The van der Waals surface area contributed by atoms with Gasteiger partial charge in [-0.2, -0.15) is 0 Å². The molecule has 0 aliphatic rings. The van der Waals surface area contributed by atoms with Crippen molar-refractivity contribution >= 4 is 11.0 Å². The molecule has 0 aliphatic heterocycles. The van der Waals surface area contributed by atoms with Crippen molar-refractivity contribution in [2.75, 3.05) is 0 Å². The summed E-state index contributed by atoms with van der Waals surface area (Å²) in [6.45, 7) is 10.4. The molecule has 0 bridgehead atoms. The van der Waals surface area contributed by atoms with Gasteiger partial charge in [-0.05, 0) is 101 Å². The summed E-state index contributed by atoms with van der Waals surface area (Å²) in [5, 5.41) is 11.6. The molecule has 1 N–H and O–H groups in total. The summed E-state index contributed by atoms with van der Waals surface area (Å²) in [4.78, 5) is 10.1. The van der Waals surface area contributed by atoms with Gasteiger partial charge in [0, 0.05) is 22.9 Å². The fourth-order valence-electron chi connectivity index (χ4n) is 6.92. The van der Waals surface area contributed by atoms with Gasteiger partial charge >= 0.3 is 0 Å². The maximum absolute atomic E-state index is 11.6. The third-order valence-corrected chi connectivity index (χ3v) is 9.56. The SMILES string of the molecule is [2H]c1c([2H])c([2H])c(-c2ccnc(-c3cc(-c4cccc5c4nc(-c4cc(C)cc(C)c4O)n5-c4ccccc4-c4ccccc4)cc(C(C)(C)C)c3)c2)c([2H])c1[2H]. The van der Waals surface area contributed by atoms with Crippen molar-refractivity contribution in [2.45, 2.75) is 40.0 Å². The fraction of sp³-hybridized carbons (Fsp3) is 0.125. The summed E-state index contributed by atoms with van der Waals surface area (Å²) in [7, 11) is 0. The molecule has 0 unspecified atom stereocenters. The summed E-state index contributed by atoms with van der Waals surface area (Å²) in [5.41, 5.74) is 11.7. The first-order valence-electron chi connectivity index (χ1n) is 19.9. The van der Waals surface area contributed by atoms with E-state index >= 15 is 0 Å². The van der Waals surface area contributed by atoms with E-state index in [2.05, 4.69) is 79.9 Å².